The summed E-state index contributed by atoms with van der Waals surface area (Å²) in [5, 5.41) is 0.688. The van der Waals surface area contributed by atoms with Crippen molar-refractivity contribution in [2.24, 2.45) is 0 Å². The van der Waals surface area contributed by atoms with Crippen LogP contribution >= 0.6 is 0 Å². The normalized spacial score (nSPS) is 11.4. The molecule has 0 saturated carbocycles. The molecule has 0 unspecified atom stereocenters. The van der Waals surface area contributed by atoms with E-state index in [-0.39, 0.29) is 0 Å². The van der Waals surface area contributed by atoms with E-state index in [4.69, 9.17) is 9.47 Å². The van der Waals surface area contributed by atoms with Crippen molar-refractivity contribution in [1.29, 1.82) is 0 Å². The zero-order chi connectivity index (χ0) is 14.9. The molecule has 0 N–H and O–H groups in total. The molecule has 20 heavy (non-hydrogen) atoms. The van der Waals surface area contributed by atoms with E-state index in [1.54, 1.807) is 39.0 Å². The quantitative estimate of drug-likeness (QED) is 0.749. The maximum Gasteiger partial charge on any atom is 0.419 e. The van der Waals surface area contributed by atoms with Crippen molar-refractivity contribution in [1.82, 2.24) is 4.57 Å². The average Bonchev–Trinajstić information content (AvgIpc) is 2.66. The fourth-order valence-corrected chi connectivity index (χ4v) is 1.85. The molecule has 0 aliphatic carbocycles. The van der Waals surface area contributed by atoms with Gasteiger partial charge in [0, 0.05) is 12.3 Å². The zero-order valence-electron chi connectivity index (χ0n) is 12.0. The first-order valence-electron chi connectivity index (χ1n) is 6.30. The highest BCUT2D eigenvalue weighted by atomic mass is 16.6. The second-order valence-corrected chi connectivity index (χ2v) is 5.45. The largest absolute Gasteiger partial charge is 0.443 e. The Hall–Kier alpha value is -2.30. The van der Waals surface area contributed by atoms with Gasteiger partial charge in [0.1, 0.15) is 5.60 Å². The molecule has 0 atom stereocenters. The number of aromatic nitrogens is 1. The SMILES string of the molecule is CC(=O)Oc1cn(C(=O)OC(C)(C)C)c2ccccc12. The van der Waals surface area contributed by atoms with Gasteiger partial charge in [-0.05, 0) is 32.9 Å². The molecule has 0 amide bonds. The fourth-order valence-electron chi connectivity index (χ4n) is 1.85. The lowest BCUT2D eigenvalue weighted by molar-refractivity contribution is -0.131. The van der Waals surface area contributed by atoms with E-state index in [1.807, 2.05) is 6.07 Å². The first-order chi connectivity index (χ1) is 9.28. The summed E-state index contributed by atoms with van der Waals surface area (Å²) in [4.78, 5) is 23.3. The average molecular weight is 275 g/mol. The van der Waals surface area contributed by atoms with Crippen LogP contribution in [0.25, 0.3) is 10.9 Å². The molecule has 2 rings (SSSR count). The molecular formula is C15H17NO4. The van der Waals surface area contributed by atoms with Crippen molar-refractivity contribution in [3.63, 3.8) is 0 Å². The molecule has 0 saturated heterocycles. The minimum Gasteiger partial charge on any atom is -0.443 e. The van der Waals surface area contributed by atoms with Crippen LogP contribution in [-0.2, 0) is 9.53 Å². The lowest BCUT2D eigenvalue weighted by Crippen LogP contribution is -2.26. The van der Waals surface area contributed by atoms with Crippen LogP contribution in [0.1, 0.15) is 27.7 Å². The van der Waals surface area contributed by atoms with E-state index in [0.29, 0.717) is 16.7 Å². The first-order valence-corrected chi connectivity index (χ1v) is 6.30. The van der Waals surface area contributed by atoms with Crippen LogP contribution in [0, 0.1) is 0 Å². The van der Waals surface area contributed by atoms with Gasteiger partial charge in [-0.15, -0.1) is 0 Å². The minimum atomic E-state index is -0.593. The van der Waals surface area contributed by atoms with E-state index >= 15 is 0 Å². The number of fused-ring (bicyclic) bond motifs is 1. The minimum absolute atomic E-state index is 0.346. The van der Waals surface area contributed by atoms with Crippen molar-refractivity contribution in [3.8, 4) is 5.75 Å². The van der Waals surface area contributed by atoms with E-state index in [1.165, 1.54) is 17.7 Å². The van der Waals surface area contributed by atoms with Crippen LogP contribution in [0.3, 0.4) is 0 Å². The Morgan fingerprint density at radius 3 is 2.40 bits per heavy atom. The summed E-state index contributed by atoms with van der Waals surface area (Å²) >= 11 is 0. The van der Waals surface area contributed by atoms with Gasteiger partial charge in [0.25, 0.3) is 0 Å². The zero-order valence-corrected chi connectivity index (χ0v) is 12.0. The van der Waals surface area contributed by atoms with E-state index < -0.39 is 17.7 Å². The molecule has 5 heteroatoms. The molecule has 0 fully saturated rings. The highest BCUT2D eigenvalue weighted by molar-refractivity contribution is 5.95. The molecule has 5 nitrogen and oxygen atoms in total. The van der Waals surface area contributed by atoms with Crippen molar-refractivity contribution < 1.29 is 19.1 Å². The molecule has 0 spiro atoms. The Labute approximate surface area is 117 Å². The second kappa shape index (κ2) is 5.00. The fraction of sp³-hybridized carbons (Fsp3) is 0.333. The molecular weight excluding hydrogens is 258 g/mol. The number of ether oxygens (including phenoxy) is 2. The summed E-state index contributed by atoms with van der Waals surface area (Å²) < 4.78 is 11.8. The van der Waals surface area contributed by atoms with Gasteiger partial charge in [-0.1, -0.05) is 12.1 Å². The van der Waals surface area contributed by atoms with Crippen LogP contribution in [0.4, 0.5) is 4.79 Å². The number of benzene rings is 1. The lowest BCUT2D eigenvalue weighted by atomic mass is 10.2. The van der Waals surface area contributed by atoms with Gasteiger partial charge in [-0.3, -0.25) is 4.79 Å². The molecule has 1 aromatic heterocycles. The van der Waals surface area contributed by atoms with E-state index in [2.05, 4.69) is 0 Å². The third-order valence-electron chi connectivity index (χ3n) is 2.52. The highest BCUT2D eigenvalue weighted by Gasteiger charge is 2.21. The molecule has 0 aliphatic rings. The Kier molecular flexibility index (Phi) is 3.53. The molecule has 0 bridgehead atoms. The summed E-state index contributed by atoms with van der Waals surface area (Å²) in [7, 11) is 0. The summed E-state index contributed by atoms with van der Waals surface area (Å²) in [6.07, 6.45) is 0.965. The number of hydrogen-bond donors (Lipinski definition) is 0. The molecule has 0 aliphatic heterocycles. The monoisotopic (exact) mass is 275 g/mol. The van der Waals surface area contributed by atoms with E-state index in [0.717, 1.165) is 0 Å². The predicted octanol–water partition coefficient (Wildman–Crippen LogP) is 3.35. The smallest absolute Gasteiger partial charge is 0.419 e. The van der Waals surface area contributed by atoms with Crippen molar-refractivity contribution in [2.75, 3.05) is 0 Å². The third kappa shape index (κ3) is 2.99. The number of carbonyl (C=O) groups excluding carboxylic acids is 2. The summed E-state index contributed by atoms with van der Waals surface area (Å²) in [6, 6.07) is 7.18. The predicted molar refractivity (Wildman–Crippen MR) is 74.9 cm³/mol. The summed E-state index contributed by atoms with van der Waals surface area (Å²) in [5.74, 6) is -0.0870. The number of carbonyl (C=O) groups is 2. The summed E-state index contributed by atoms with van der Waals surface area (Å²) in [5.41, 5.74) is 0.0438. The molecule has 0 radical (unpaired) electrons. The van der Waals surface area contributed by atoms with Gasteiger partial charge >= 0.3 is 12.1 Å². The topological polar surface area (TPSA) is 57.5 Å². The van der Waals surface area contributed by atoms with Gasteiger partial charge in [0.2, 0.25) is 0 Å². The Bertz CT molecular complexity index is 664. The maximum absolute atomic E-state index is 12.2. The van der Waals surface area contributed by atoms with Gasteiger partial charge in [0.05, 0.1) is 11.7 Å². The van der Waals surface area contributed by atoms with Gasteiger partial charge < -0.3 is 9.47 Å². The van der Waals surface area contributed by atoms with Gasteiger partial charge in [-0.25, -0.2) is 9.36 Å². The van der Waals surface area contributed by atoms with E-state index in [9.17, 15) is 9.59 Å². The maximum atomic E-state index is 12.2. The van der Waals surface area contributed by atoms with Crippen LogP contribution in [0.5, 0.6) is 5.75 Å². The number of hydrogen-bond acceptors (Lipinski definition) is 4. The Balaban J connectivity index is 2.48. The number of para-hydroxylation sites is 1. The first kappa shape index (κ1) is 14.1. The van der Waals surface area contributed by atoms with Crippen molar-refractivity contribution in [3.05, 3.63) is 30.5 Å². The van der Waals surface area contributed by atoms with Gasteiger partial charge in [-0.2, -0.15) is 0 Å². The molecule has 106 valence electrons. The van der Waals surface area contributed by atoms with Crippen molar-refractivity contribution >= 4 is 23.0 Å². The summed E-state index contributed by atoms with van der Waals surface area (Å²) in [6.45, 7) is 6.70. The highest BCUT2D eigenvalue weighted by Crippen LogP contribution is 2.28. The molecule has 2 aromatic rings. The number of nitrogens with zero attached hydrogens (tertiary/aromatic N) is 1. The van der Waals surface area contributed by atoms with Crippen LogP contribution in [0.2, 0.25) is 0 Å². The number of esters is 1. The number of rotatable bonds is 1. The van der Waals surface area contributed by atoms with Crippen LogP contribution in [0.15, 0.2) is 30.5 Å². The van der Waals surface area contributed by atoms with Crippen LogP contribution in [-0.4, -0.2) is 22.2 Å². The standard InChI is InChI=1S/C15H17NO4/c1-10(17)19-13-9-16(14(18)20-15(2,3)4)12-8-6-5-7-11(12)13/h5-9H,1-4H3. The van der Waals surface area contributed by atoms with Crippen molar-refractivity contribution in [2.45, 2.75) is 33.3 Å². The van der Waals surface area contributed by atoms with Crippen LogP contribution < -0.4 is 4.74 Å². The molecule has 1 heterocycles. The molecule has 1 aromatic carbocycles. The Morgan fingerprint density at radius 2 is 1.80 bits per heavy atom. The second-order valence-electron chi connectivity index (χ2n) is 5.45. The lowest BCUT2D eigenvalue weighted by Gasteiger charge is -2.19. The third-order valence-corrected chi connectivity index (χ3v) is 2.52. The Morgan fingerprint density at radius 1 is 1.15 bits per heavy atom. The van der Waals surface area contributed by atoms with Gasteiger partial charge in [0.15, 0.2) is 5.75 Å².